The summed E-state index contributed by atoms with van der Waals surface area (Å²) in [6, 6.07) is 78.7. The molecule has 0 bridgehead atoms. The Kier molecular flexibility index (Phi) is 7.08. The first-order valence-corrected chi connectivity index (χ1v) is 20.5. The normalized spacial score (nSPS) is 13.1. The minimum absolute atomic E-state index is 0.416. The molecule has 0 amide bonds. The maximum Gasteiger partial charge on any atom is 0.0726 e. The molecule has 57 heavy (non-hydrogen) atoms. The van der Waals surface area contributed by atoms with E-state index in [1.807, 2.05) is 11.3 Å². The standard InChI is InChI=1S/C55H35NS/c1-2-13-36(14-3-1)38-15-12-16-41(33-38)56(40-28-25-37(26-29-40)39-27-32-54-48(34-39)47-20-7-11-24-53(47)57-54)42-30-31-46-45-19-6-10-23-51(45)55(52(46)35-42)49-21-8-4-17-43(49)44-18-5-9-22-50(44)55/h1-35H. The molecule has 9 aromatic carbocycles. The van der Waals surface area contributed by atoms with Crippen LogP contribution >= 0.6 is 11.3 Å². The zero-order chi connectivity index (χ0) is 37.5. The second-order valence-corrected chi connectivity index (χ2v) is 16.3. The Morgan fingerprint density at radius 3 is 1.53 bits per heavy atom. The third kappa shape index (κ3) is 4.75. The average Bonchev–Trinajstić information content (AvgIpc) is 3.91. The largest absolute Gasteiger partial charge is 0.310 e. The fraction of sp³-hybridized carbons (Fsp3) is 0.0182. The van der Waals surface area contributed by atoms with E-state index in [0.717, 1.165) is 17.1 Å². The summed E-state index contributed by atoms with van der Waals surface area (Å²) in [5.41, 5.74) is 18.4. The fourth-order valence-electron chi connectivity index (χ4n) is 9.83. The second-order valence-electron chi connectivity index (χ2n) is 15.2. The van der Waals surface area contributed by atoms with Gasteiger partial charge in [-0.1, -0.05) is 158 Å². The van der Waals surface area contributed by atoms with Gasteiger partial charge in [-0.05, 0) is 121 Å². The molecular formula is C55H35NS. The molecule has 2 heteroatoms. The van der Waals surface area contributed by atoms with E-state index in [9.17, 15) is 0 Å². The van der Waals surface area contributed by atoms with Crippen molar-refractivity contribution in [2.45, 2.75) is 5.41 Å². The van der Waals surface area contributed by atoms with Crippen molar-refractivity contribution in [1.82, 2.24) is 0 Å². The molecule has 0 atom stereocenters. The smallest absolute Gasteiger partial charge is 0.0726 e. The third-order valence-electron chi connectivity index (χ3n) is 12.3. The molecule has 0 radical (unpaired) electrons. The quantitative estimate of drug-likeness (QED) is 0.170. The molecule has 2 aliphatic rings. The molecule has 2 aliphatic carbocycles. The highest BCUT2D eigenvalue weighted by Crippen LogP contribution is 2.63. The van der Waals surface area contributed by atoms with Crippen LogP contribution in [0.1, 0.15) is 22.3 Å². The summed E-state index contributed by atoms with van der Waals surface area (Å²) < 4.78 is 2.65. The van der Waals surface area contributed by atoms with E-state index < -0.39 is 5.41 Å². The first-order chi connectivity index (χ1) is 28.3. The third-order valence-corrected chi connectivity index (χ3v) is 13.4. The van der Waals surface area contributed by atoms with Crippen molar-refractivity contribution >= 4 is 48.6 Å². The molecule has 1 aromatic heterocycles. The van der Waals surface area contributed by atoms with Crippen LogP contribution < -0.4 is 4.90 Å². The van der Waals surface area contributed by atoms with Gasteiger partial charge in [-0.25, -0.2) is 0 Å². The number of hydrogen-bond donors (Lipinski definition) is 0. The number of anilines is 3. The van der Waals surface area contributed by atoms with Crippen LogP contribution in [-0.2, 0) is 5.41 Å². The molecular weight excluding hydrogens is 707 g/mol. The van der Waals surface area contributed by atoms with Gasteiger partial charge in [0.15, 0.2) is 0 Å². The fourth-order valence-corrected chi connectivity index (χ4v) is 10.9. The van der Waals surface area contributed by atoms with Crippen LogP contribution in [0.25, 0.3) is 64.7 Å². The predicted molar refractivity (Wildman–Crippen MR) is 241 cm³/mol. The van der Waals surface area contributed by atoms with Crippen molar-refractivity contribution < 1.29 is 0 Å². The maximum atomic E-state index is 2.48. The summed E-state index contributed by atoms with van der Waals surface area (Å²) in [6.45, 7) is 0. The number of rotatable bonds is 5. The van der Waals surface area contributed by atoms with E-state index in [4.69, 9.17) is 0 Å². The lowest BCUT2D eigenvalue weighted by atomic mass is 9.70. The molecule has 0 fully saturated rings. The van der Waals surface area contributed by atoms with Crippen LogP contribution in [0.4, 0.5) is 17.1 Å². The first kappa shape index (κ1) is 32.3. The lowest BCUT2D eigenvalue weighted by Gasteiger charge is -2.32. The second kappa shape index (κ2) is 12.5. The average molecular weight is 742 g/mol. The van der Waals surface area contributed by atoms with Gasteiger partial charge in [0.25, 0.3) is 0 Å². The summed E-state index contributed by atoms with van der Waals surface area (Å²) in [5, 5.41) is 2.64. The summed E-state index contributed by atoms with van der Waals surface area (Å²) in [5.74, 6) is 0. The van der Waals surface area contributed by atoms with E-state index in [2.05, 4.69) is 217 Å². The Hall–Kier alpha value is -7.00. The highest BCUT2D eigenvalue weighted by Gasteiger charge is 2.51. The highest BCUT2D eigenvalue weighted by molar-refractivity contribution is 7.25. The Morgan fingerprint density at radius 2 is 0.807 bits per heavy atom. The van der Waals surface area contributed by atoms with E-state index in [1.54, 1.807) is 0 Å². The van der Waals surface area contributed by atoms with Crippen LogP contribution in [0.5, 0.6) is 0 Å². The molecule has 1 spiro atoms. The van der Waals surface area contributed by atoms with E-state index in [0.29, 0.717) is 0 Å². The van der Waals surface area contributed by atoms with Gasteiger partial charge >= 0.3 is 0 Å². The number of hydrogen-bond acceptors (Lipinski definition) is 2. The van der Waals surface area contributed by atoms with Gasteiger partial charge in [0, 0.05) is 37.2 Å². The number of nitrogens with zero attached hydrogens (tertiary/aromatic N) is 1. The van der Waals surface area contributed by atoms with Crippen LogP contribution in [-0.4, -0.2) is 0 Å². The van der Waals surface area contributed by atoms with Crippen LogP contribution in [0.15, 0.2) is 212 Å². The van der Waals surface area contributed by atoms with Crippen LogP contribution in [0, 0.1) is 0 Å². The molecule has 0 N–H and O–H groups in total. The van der Waals surface area contributed by atoms with Crippen LogP contribution in [0.3, 0.4) is 0 Å². The molecule has 0 saturated carbocycles. The predicted octanol–water partition coefficient (Wildman–Crippen LogP) is 15.2. The first-order valence-electron chi connectivity index (χ1n) is 19.7. The molecule has 12 rings (SSSR count). The number of benzene rings is 9. The zero-order valence-corrected chi connectivity index (χ0v) is 31.9. The SMILES string of the molecule is c1ccc(-c2cccc(N(c3ccc(-c4ccc5sc6ccccc6c5c4)cc3)c3ccc4c(c3)C3(c5ccccc5-c5ccccc53)c3ccccc3-4)c2)cc1. The molecule has 10 aromatic rings. The van der Waals surface area contributed by atoms with Gasteiger partial charge in [-0.15, -0.1) is 11.3 Å². The minimum Gasteiger partial charge on any atom is -0.310 e. The Balaban J connectivity index is 1.05. The summed E-state index contributed by atoms with van der Waals surface area (Å²) in [4.78, 5) is 2.44. The van der Waals surface area contributed by atoms with Gasteiger partial charge in [-0.2, -0.15) is 0 Å². The Bertz CT molecular complexity index is 3130. The molecule has 0 saturated heterocycles. The topological polar surface area (TPSA) is 3.24 Å². The molecule has 266 valence electrons. The number of thiophene rings is 1. The minimum atomic E-state index is -0.416. The van der Waals surface area contributed by atoms with Crippen molar-refractivity contribution in [1.29, 1.82) is 0 Å². The zero-order valence-electron chi connectivity index (χ0n) is 31.1. The molecule has 1 heterocycles. The monoisotopic (exact) mass is 741 g/mol. The van der Waals surface area contributed by atoms with Crippen molar-refractivity contribution in [2.24, 2.45) is 0 Å². The number of fused-ring (bicyclic) bond motifs is 13. The van der Waals surface area contributed by atoms with Crippen molar-refractivity contribution in [3.05, 3.63) is 235 Å². The summed E-state index contributed by atoms with van der Waals surface area (Å²) in [6.07, 6.45) is 0. The Labute approximate surface area is 336 Å². The molecule has 0 unspecified atom stereocenters. The van der Waals surface area contributed by atoms with E-state index >= 15 is 0 Å². The summed E-state index contributed by atoms with van der Waals surface area (Å²) in [7, 11) is 0. The molecule has 1 nitrogen and oxygen atoms in total. The van der Waals surface area contributed by atoms with E-state index in [-0.39, 0.29) is 0 Å². The Morgan fingerprint density at radius 1 is 0.298 bits per heavy atom. The van der Waals surface area contributed by atoms with Gasteiger partial charge in [0.2, 0.25) is 0 Å². The van der Waals surface area contributed by atoms with Crippen LogP contribution in [0.2, 0.25) is 0 Å². The lowest BCUT2D eigenvalue weighted by Crippen LogP contribution is -2.26. The van der Waals surface area contributed by atoms with Crippen molar-refractivity contribution in [2.75, 3.05) is 4.90 Å². The van der Waals surface area contributed by atoms with Gasteiger partial charge in [0.1, 0.15) is 0 Å². The van der Waals surface area contributed by atoms with Crippen molar-refractivity contribution in [3.8, 4) is 44.5 Å². The lowest BCUT2D eigenvalue weighted by molar-refractivity contribution is 0.793. The highest BCUT2D eigenvalue weighted by atomic mass is 32.1. The summed E-state index contributed by atoms with van der Waals surface area (Å²) >= 11 is 1.86. The van der Waals surface area contributed by atoms with E-state index in [1.165, 1.54) is 86.9 Å². The van der Waals surface area contributed by atoms with Gasteiger partial charge < -0.3 is 4.90 Å². The van der Waals surface area contributed by atoms with Gasteiger partial charge in [0.05, 0.1) is 5.41 Å². The maximum absolute atomic E-state index is 2.48. The van der Waals surface area contributed by atoms with Crippen molar-refractivity contribution in [3.63, 3.8) is 0 Å². The molecule has 0 aliphatic heterocycles. The van der Waals surface area contributed by atoms with Gasteiger partial charge in [-0.3, -0.25) is 0 Å².